The second kappa shape index (κ2) is 7.95. The predicted molar refractivity (Wildman–Crippen MR) is 98.6 cm³/mol. The maximum absolute atomic E-state index is 13.1. The Balaban J connectivity index is 1.74. The minimum atomic E-state index is -0.943. The van der Waals surface area contributed by atoms with Gasteiger partial charge >= 0.3 is 5.97 Å². The summed E-state index contributed by atoms with van der Waals surface area (Å²) in [5.74, 6) is -1.34. The van der Waals surface area contributed by atoms with Gasteiger partial charge in [-0.2, -0.15) is 0 Å². The fourth-order valence-corrected chi connectivity index (χ4v) is 2.67. The van der Waals surface area contributed by atoms with Gasteiger partial charge in [0.1, 0.15) is 5.82 Å². The highest BCUT2D eigenvalue weighted by molar-refractivity contribution is 6.01. The van der Waals surface area contributed by atoms with E-state index in [1.807, 2.05) is 19.1 Å². The van der Waals surface area contributed by atoms with E-state index in [1.165, 1.54) is 48.3 Å². The van der Waals surface area contributed by atoms with Crippen molar-refractivity contribution in [2.45, 2.75) is 26.4 Å². The highest BCUT2D eigenvalue weighted by atomic mass is 19.1. The molecule has 0 amide bonds. The molecule has 0 saturated heterocycles. The van der Waals surface area contributed by atoms with Crippen molar-refractivity contribution in [2.75, 3.05) is 0 Å². The molecule has 138 valence electrons. The Kier molecular flexibility index (Phi) is 5.45. The Morgan fingerprint density at radius 2 is 1.78 bits per heavy atom. The zero-order chi connectivity index (χ0) is 19.4. The van der Waals surface area contributed by atoms with Crippen LogP contribution in [-0.4, -0.2) is 27.4 Å². The van der Waals surface area contributed by atoms with Gasteiger partial charge in [-0.1, -0.05) is 31.2 Å². The van der Waals surface area contributed by atoms with Crippen LogP contribution in [0.1, 0.15) is 40.3 Å². The third kappa shape index (κ3) is 4.11. The fraction of sp³-hybridized carbons (Fsp3) is 0.190. The molecule has 0 spiro atoms. The minimum Gasteiger partial charge on any atom is -0.450 e. The second-order valence-corrected chi connectivity index (χ2v) is 6.09. The quantitative estimate of drug-likeness (QED) is 0.489. The molecule has 0 aliphatic rings. The number of esters is 1. The lowest BCUT2D eigenvalue weighted by Gasteiger charge is -2.13. The molecule has 1 heterocycles. The summed E-state index contributed by atoms with van der Waals surface area (Å²) in [6, 6.07) is 12.8. The number of carbonyl (C=O) groups is 2. The van der Waals surface area contributed by atoms with Crippen LogP contribution in [0.25, 0.3) is 5.69 Å². The SMILES string of the molecule is CCc1ccc(C(=O)[C@H](C)OC(=O)c2cncn2-c2ccc(F)cc2)cc1. The number of hydrogen-bond acceptors (Lipinski definition) is 4. The van der Waals surface area contributed by atoms with Crippen LogP contribution < -0.4 is 0 Å². The summed E-state index contributed by atoms with van der Waals surface area (Å²) in [5.41, 5.74) is 2.33. The molecular weight excluding hydrogens is 347 g/mol. The van der Waals surface area contributed by atoms with Gasteiger partial charge in [0, 0.05) is 11.3 Å². The van der Waals surface area contributed by atoms with E-state index in [1.54, 1.807) is 12.1 Å². The molecule has 1 atom stereocenters. The zero-order valence-corrected chi connectivity index (χ0v) is 15.1. The average molecular weight is 366 g/mol. The minimum absolute atomic E-state index is 0.155. The van der Waals surface area contributed by atoms with Gasteiger partial charge in [0.25, 0.3) is 0 Å². The number of ether oxygens (including phenoxy) is 1. The maximum atomic E-state index is 13.1. The van der Waals surface area contributed by atoms with Crippen molar-refractivity contribution in [3.63, 3.8) is 0 Å². The second-order valence-electron chi connectivity index (χ2n) is 6.09. The van der Waals surface area contributed by atoms with Gasteiger partial charge in [-0.25, -0.2) is 14.2 Å². The highest BCUT2D eigenvalue weighted by Gasteiger charge is 2.23. The standard InChI is InChI=1S/C21H19FN2O3/c1-3-15-4-6-16(7-5-15)20(25)14(2)27-21(26)19-12-23-13-24(19)18-10-8-17(22)9-11-18/h4-14H,3H2,1-2H3/t14-/m0/s1. The van der Waals surface area contributed by atoms with Crippen LogP contribution >= 0.6 is 0 Å². The Labute approximate surface area is 156 Å². The monoisotopic (exact) mass is 366 g/mol. The molecule has 0 aliphatic heterocycles. The Bertz CT molecular complexity index is 946. The summed E-state index contributed by atoms with van der Waals surface area (Å²) in [5, 5.41) is 0. The van der Waals surface area contributed by atoms with E-state index in [9.17, 15) is 14.0 Å². The molecule has 2 aromatic carbocycles. The molecule has 0 radical (unpaired) electrons. The molecule has 0 fully saturated rings. The number of nitrogens with zero attached hydrogens (tertiary/aromatic N) is 2. The van der Waals surface area contributed by atoms with E-state index in [2.05, 4.69) is 4.98 Å². The molecule has 0 unspecified atom stereocenters. The van der Waals surface area contributed by atoms with Crippen molar-refractivity contribution in [2.24, 2.45) is 0 Å². The number of imidazole rings is 1. The molecule has 3 aromatic rings. The van der Waals surface area contributed by atoms with E-state index < -0.39 is 12.1 Å². The normalized spacial score (nSPS) is 11.8. The Hall–Kier alpha value is -3.28. The third-order valence-corrected chi connectivity index (χ3v) is 4.25. The van der Waals surface area contributed by atoms with Crippen LogP contribution in [0.4, 0.5) is 4.39 Å². The van der Waals surface area contributed by atoms with Crippen molar-refractivity contribution in [3.05, 3.63) is 83.7 Å². The van der Waals surface area contributed by atoms with Gasteiger partial charge in [0.15, 0.2) is 11.8 Å². The summed E-state index contributed by atoms with van der Waals surface area (Å²) in [4.78, 5) is 29.0. The van der Waals surface area contributed by atoms with E-state index in [4.69, 9.17) is 4.74 Å². The topological polar surface area (TPSA) is 61.2 Å². The zero-order valence-electron chi connectivity index (χ0n) is 15.1. The Morgan fingerprint density at radius 1 is 1.11 bits per heavy atom. The highest BCUT2D eigenvalue weighted by Crippen LogP contribution is 2.15. The number of benzene rings is 2. The summed E-state index contributed by atoms with van der Waals surface area (Å²) in [7, 11) is 0. The van der Waals surface area contributed by atoms with Crippen LogP contribution in [0.15, 0.2) is 61.1 Å². The molecular formula is C21H19FN2O3. The molecule has 0 saturated carbocycles. The molecule has 3 rings (SSSR count). The molecule has 27 heavy (non-hydrogen) atoms. The van der Waals surface area contributed by atoms with Crippen LogP contribution in [-0.2, 0) is 11.2 Å². The van der Waals surface area contributed by atoms with Gasteiger partial charge < -0.3 is 4.74 Å². The Morgan fingerprint density at radius 3 is 2.41 bits per heavy atom. The first kappa shape index (κ1) is 18.5. The number of aryl methyl sites for hydroxylation is 1. The van der Waals surface area contributed by atoms with Crippen LogP contribution in [0, 0.1) is 5.82 Å². The number of Topliss-reactive ketones (excluding diaryl/α,β-unsaturated/α-hetero) is 1. The van der Waals surface area contributed by atoms with Crippen molar-refractivity contribution in [3.8, 4) is 5.69 Å². The summed E-state index contributed by atoms with van der Waals surface area (Å²) < 4.78 is 19.9. The van der Waals surface area contributed by atoms with Gasteiger partial charge in [-0.3, -0.25) is 9.36 Å². The summed E-state index contributed by atoms with van der Waals surface area (Å²) in [6.45, 7) is 3.57. The number of carbonyl (C=O) groups excluding carboxylic acids is 2. The smallest absolute Gasteiger partial charge is 0.357 e. The van der Waals surface area contributed by atoms with Crippen molar-refractivity contribution in [1.82, 2.24) is 9.55 Å². The molecule has 0 bridgehead atoms. The van der Waals surface area contributed by atoms with E-state index in [0.717, 1.165) is 12.0 Å². The lowest BCUT2D eigenvalue weighted by molar-refractivity contribution is 0.0311. The number of aromatic nitrogens is 2. The number of ketones is 1. The first-order valence-corrected chi connectivity index (χ1v) is 8.62. The molecule has 6 heteroatoms. The number of rotatable bonds is 6. The molecule has 5 nitrogen and oxygen atoms in total. The lowest BCUT2D eigenvalue weighted by atomic mass is 10.0. The first-order valence-electron chi connectivity index (χ1n) is 8.62. The molecule has 0 aliphatic carbocycles. The summed E-state index contributed by atoms with van der Waals surface area (Å²) >= 11 is 0. The average Bonchev–Trinajstić information content (AvgIpc) is 3.18. The molecule has 0 N–H and O–H groups in total. The maximum Gasteiger partial charge on any atom is 0.357 e. The van der Waals surface area contributed by atoms with Gasteiger partial charge in [0.2, 0.25) is 5.78 Å². The van der Waals surface area contributed by atoms with E-state index in [-0.39, 0.29) is 17.3 Å². The van der Waals surface area contributed by atoms with E-state index in [0.29, 0.717) is 11.3 Å². The largest absolute Gasteiger partial charge is 0.450 e. The van der Waals surface area contributed by atoms with Crippen molar-refractivity contribution >= 4 is 11.8 Å². The fourth-order valence-electron chi connectivity index (χ4n) is 2.67. The van der Waals surface area contributed by atoms with Crippen molar-refractivity contribution < 1.29 is 18.7 Å². The predicted octanol–water partition coefficient (Wildman–Crippen LogP) is 4.00. The van der Waals surface area contributed by atoms with Gasteiger partial charge in [-0.05, 0) is 43.2 Å². The van der Waals surface area contributed by atoms with E-state index >= 15 is 0 Å². The third-order valence-electron chi connectivity index (χ3n) is 4.25. The number of halogens is 1. The van der Waals surface area contributed by atoms with Crippen LogP contribution in [0.3, 0.4) is 0 Å². The van der Waals surface area contributed by atoms with Crippen molar-refractivity contribution in [1.29, 1.82) is 0 Å². The molecule has 1 aromatic heterocycles. The van der Waals surface area contributed by atoms with Crippen LogP contribution in [0.2, 0.25) is 0 Å². The van der Waals surface area contributed by atoms with Gasteiger partial charge in [-0.15, -0.1) is 0 Å². The van der Waals surface area contributed by atoms with Gasteiger partial charge in [0.05, 0.1) is 12.5 Å². The lowest BCUT2D eigenvalue weighted by Crippen LogP contribution is -2.25. The summed E-state index contributed by atoms with van der Waals surface area (Å²) in [6.07, 6.45) is 2.71. The first-order chi connectivity index (χ1) is 13.0. The number of hydrogen-bond donors (Lipinski definition) is 0. The van der Waals surface area contributed by atoms with Crippen LogP contribution in [0.5, 0.6) is 0 Å².